The fourth-order valence-electron chi connectivity index (χ4n) is 2.18. The average Bonchev–Trinajstić information content (AvgIpc) is 2.48. The number of hydrogen-bond acceptors (Lipinski definition) is 4. The first-order valence-electron chi connectivity index (χ1n) is 6.42. The fourth-order valence-corrected chi connectivity index (χ4v) is 3.81. The Balaban J connectivity index is 1.94. The van der Waals surface area contributed by atoms with Crippen molar-refractivity contribution in [1.82, 2.24) is 0 Å². The molecule has 2 aromatic rings. The zero-order chi connectivity index (χ0) is 14.9. The van der Waals surface area contributed by atoms with Crippen LogP contribution in [0, 0.1) is 0 Å². The summed E-state index contributed by atoms with van der Waals surface area (Å²) in [5, 5.41) is 0.366. The highest BCUT2D eigenvalue weighted by atomic mass is 35.5. The van der Waals surface area contributed by atoms with Gasteiger partial charge in [-0.3, -0.25) is 0 Å². The van der Waals surface area contributed by atoms with Gasteiger partial charge in [0.1, 0.15) is 13.2 Å². The third kappa shape index (κ3) is 2.99. The van der Waals surface area contributed by atoms with E-state index in [2.05, 4.69) is 0 Å². The van der Waals surface area contributed by atoms with Gasteiger partial charge < -0.3 is 9.47 Å². The highest BCUT2D eigenvalue weighted by molar-refractivity contribution is 7.90. The van der Waals surface area contributed by atoms with Crippen LogP contribution in [0.15, 0.2) is 47.4 Å². The summed E-state index contributed by atoms with van der Waals surface area (Å²) in [4.78, 5) is 0.288. The van der Waals surface area contributed by atoms with E-state index in [1.807, 2.05) is 0 Å². The van der Waals surface area contributed by atoms with Crippen molar-refractivity contribution < 1.29 is 17.9 Å². The van der Waals surface area contributed by atoms with Crippen LogP contribution in [0.5, 0.6) is 11.5 Å². The van der Waals surface area contributed by atoms with E-state index in [9.17, 15) is 8.42 Å². The number of halogens is 1. The van der Waals surface area contributed by atoms with Crippen LogP contribution in [0.4, 0.5) is 0 Å². The molecule has 0 atom stereocenters. The van der Waals surface area contributed by atoms with E-state index in [1.54, 1.807) is 42.5 Å². The minimum absolute atomic E-state index is 0.132. The van der Waals surface area contributed by atoms with Crippen molar-refractivity contribution in [2.45, 2.75) is 10.6 Å². The monoisotopic (exact) mass is 324 g/mol. The van der Waals surface area contributed by atoms with Crippen molar-refractivity contribution in [3.05, 3.63) is 53.1 Å². The first-order chi connectivity index (χ1) is 10.1. The standard InChI is InChI=1S/C15H13ClO4S/c16-13-8-11(9-14-15(13)20-7-6-19-14)10-21(17,18)12-4-2-1-3-5-12/h1-5,8-9H,6-7,10H2. The summed E-state index contributed by atoms with van der Waals surface area (Å²) in [5.74, 6) is 0.837. The van der Waals surface area contributed by atoms with Crippen molar-refractivity contribution in [2.24, 2.45) is 0 Å². The van der Waals surface area contributed by atoms with Crippen LogP contribution >= 0.6 is 11.6 Å². The lowest BCUT2D eigenvalue weighted by Gasteiger charge is -2.20. The predicted octanol–water partition coefficient (Wildman–Crippen LogP) is 3.09. The Bertz CT molecular complexity index is 757. The van der Waals surface area contributed by atoms with Gasteiger partial charge in [0.05, 0.1) is 15.7 Å². The summed E-state index contributed by atoms with van der Waals surface area (Å²) >= 11 is 6.12. The Morgan fingerprint density at radius 1 is 1.05 bits per heavy atom. The molecular formula is C15H13ClO4S. The Hall–Kier alpha value is -1.72. The molecule has 0 saturated carbocycles. The predicted molar refractivity (Wildman–Crippen MR) is 79.8 cm³/mol. The number of rotatable bonds is 3. The summed E-state index contributed by atoms with van der Waals surface area (Å²) in [6.07, 6.45) is 0. The molecule has 1 heterocycles. The van der Waals surface area contributed by atoms with Crippen molar-refractivity contribution >= 4 is 21.4 Å². The van der Waals surface area contributed by atoms with E-state index >= 15 is 0 Å². The molecule has 0 aromatic heterocycles. The zero-order valence-electron chi connectivity index (χ0n) is 11.1. The molecule has 110 valence electrons. The van der Waals surface area contributed by atoms with Gasteiger partial charge >= 0.3 is 0 Å². The number of ether oxygens (including phenoxy) is 2. The van der Waals surface area contributed by atoms with Crippen molar-refractivity contribution in [1.29, 1.82) is 0 Å². The number of benzene rings is 2. The number of hydrogen-bond donors (Lipinski definition) is 0. The largest absolute Gasteiger partial charge is 0.486 e. The smallest absolute Gasteiger partial charge is 0.182 e. The van der Waals surface area contributed by atoms with Crippen molar-refractivity contribution in [3.63, 3.8) is 0 Å². The second-order valence-electron chi connectivity index (χ2n) is 4.67. The molecule has 21 heavy (non-hydrogen) atoms. The van der Waals surface area contributed by atoms with E-state index in [1.165, 1.54) is 0 Å². The summed E-state index contributed by atoms with van der Waals surface area (Å²) < 4.78 is 35.6. The minimum atomic E-state index is -3.41. The maximum Gasteiger partial charge on any atom is 0.182 e. The molecule has 0 aliphatic carbocycles. The molecule has 0 amide bonds. The Labute approximate surface area is 128 Å². The third-order valence-electron chi connectivity index (χ3n) is 3.12. The topological polar surface area (TPSA) is 52.6 Å². The molecule has 0 N–H and O–H groups in total. The molecule has 0 saturated heterocycles. The first kappa shape index (κ1) is 14.2. The zero-order valence-corrected chi connectivity index (χ0v) is 12.7. The maximum atomic E-state index is 12.4. The number of sulfone groups is 1. The maximum absolute atomic E-state index is 12.4. The van der Waals surface area contributed by atoms with Gasteiger partial charge in [-0.25, -0.2) is 8.42 Å². The van der Waals surface area contributed by atoms with Gasteiger partial charge in [0, 0.05) is 0 Å². The van der Waals surface area contributed by atoms with Crippen LogP contribution in [0.25, 0.3) is 0 Å². The molecule has 3 rings (SSSR count). The van der Waals surface area contributed by atoms with Crippen LogP contribution in [-0.4, -0.2) is 21.6 Å². The summed E-state index contributed by atoms with van der Waals surface area (Å²) in [5.41, 5.74) is 0.577. The quantitative estimate of drug-likeness (QED) is 0.870. The molecule has 0 fully saturated rings. The van der Waals surface area contributed by atoms with Gasteiger partial charge in [-0.2, -0.15) is 0 Å². The Kier molecular flexibility index (Phi) is 3.78. The van der Waals surface area contributed by atoms with Gasteiger partial charge in [0.25, 0.3) is 0 Å². The van der Waals surface area contributed by atoms with Gasteiger partial charge in [-0.05, 0) is 29.8 Å². The highest BCUT2D eigenvalue weighted by Crippen LogP contribution is 2.39. The van der Waals surface area contributed by atoms with Crippen molar-refractivity contribution in [3.8, 4) is 11.5 Å². The van der Waals surface area contributed by atoms with E-state index in [0.29, 0.717) is 35.3 Å². The summed E-state index contributed by atoms with van der Waals surface area (Å²) in [6, 6.07) is 11.6. The molecule has 0 bridgehead atoms. The average molecular weight is 325 g/mol. The molecule has 0 spiro atoms. The second-order valence-corrected chi connectivity index (χ2v) is 7.07. The molecule has 0 radical (unpaired) electrons. The van der Waals surface area contributed by atoms with E-state index < -0.39 is 9.84 Å². The molecular weight excluding hydrogens is 312 g/mol. The molecule has 2 aromatic carbocycles. The Morgan fingerprint density at radius 3 is 2.52 bits per heavy atom. The summed E-state index contributed by atoms with van der Waals surface area (Å²) in [6.45, 7) is 0.868. The summed E-state index contributed by atoms with van der Waals surface area (Å²) in [7, 11) is -3.41. The lowest BCUT2D eigenvalue weighted by atomic mass is 10.2. The van der Waals surface area contributed by atoms with Gasteiger partial charge in [-0.1, -0.05) is 29.8 Å². The van der Waals surface area contributed by atoms with Crippen LogP contribution in [-0.2, 0) is 15.6 Å². The SMILES string of the molecule is O=S(=O)(Cc1cc(Cl)c2c(c1)OCCO2)c1ccccc1. The van der Waals surface area contributed by atoms with Crippen LogP contribution in [0.2, 0.25) is 5.02 Å². The highest BCUT2D eigenvalue weighted by Gasteiger charge is 2.20. The number of fused-ring (bicyclic) bond motifs is 1. The lowest BCUT2D eigenvalue weighted by molar-refractivity contribution is 0.171. The van der Waals surface area contributed by atoms with Crippen molar-refractivity contribution in [2.75, 3.05) is 13.2 Å². The van der Waals surface area contributed by atoms with E-state index in [4.69, 9.17) is 21.1 Å². The lowest BCUT2D eigenvalue weighted by Crippen LogP contribution is -2.16. The minimum Gasteiger partial charge on any atom is -0.486 e. The fraction of sp³-hybridized carbons (Fsp3) is 0.200. The molecule has 1 aliphatic heterocycles. The third-order valence-corrected chi connectivity index (χ3v) is 5.10. The Morgan fingerprint density at radius 2 is 1.76 bits per heavy atom. The second kappa shape index (κ2) is 5.58. The van der Waals surface area contributed by atoms with Crippen LogP contribution < -0.4 is 9.47 Å². The normalized spacial score (nSPS) is 14.0. The van der Waals surface area contributed by atoms with E-state index in [0.717, 1.165) is 0 Å². The van der Waals surface area contributed by atoms with E-state index in [-0.39, 0.29) is 10.6 Å². The molecule has 4 nitrogen and oxygen atoms in total. The van der Waals surface area contributed by atoms with Crippen LogP contribution in [0.3, 0.4) is 0 Å². The molecule has 6 heteroatoms. The molecule has 0 unspecified atom stereocenters. The van der Waals surface area contributed by atoms with Gasteiger partial charge in [0.15, 0.2) is 21.3 Å². The first-order valence-corrected chi connectivity index (χ1v) is 8.45. The van der Waals surface area contributed by atoms with Crippen LogP contribution in [0.1, 0.15) is 5.56 Å². The van der Waals surface area contributed by atoms with Gasteiger partial charge in [-0.15, -0.1) is 0 Å². The molecule has 1 aliphatic rings. The van der Waals surface area contributed by atoms with Gasteiger partial charge in [0.2, 0.25) is 0 Å².